The first-order chi connectivity index (χ1) is 27.0. The summed E-state index contributed by atoms with van der Waals surface area (Å²) in [5, 5.41) is 23.1. The second kappa shape index (κ2) is 13.8. The Labute approximate surface area is 321 Å². The summed E-state index contributed by atoms with van der Waals surface area (Å²) in [6.45, 7) is 1.94. The summed E-state index contributed by atoms with van der Waals surface area (Å²) in [6, 6.07) is 25.0. The van der Waals surface area contributed by atoms with Crippen LogP contribution < -0.4 is 19.8 Å². The Kier molecular flexibility index (Phi) is 8.94. The van der Waals surface area contributed by atoms with Crippen molar-refractivity contribution in [3.8, 4) is 17.2 Å². The zero-order chi connectivity index (χ0) is 39.5. The molecule has 2 N–H and O–H groups in total. The standard InChI is InChI=1S/C43H38N4O9/c1-24-9-12-27(13-10-24)44-46-40(50)34-23-32-30(18-19-31-37(32)41(51)45(39(31)49)28-14-16-29(17-15-28)47(53)54)33(43(34,42(46)52)26-7-5-4-6-8-26)20-11-25-21-35(55-2)38(48)36(22-25)56-3/h4-18,20-22,31-34,37,44,48H,19,23H2,1-3H3. The minimum Gasteiger partial charge on any atom is -0.502 e. The number of hydrogen-bond acceptors (Lipinski definition) is 10. The number of rotatable bonds is 9. The normalized spacial score (nSPS) is 25.5. The molecule has 4 amide bonds. The highest BCUT2D eigenvalue weighted by Gasteiger charge is 2.69. The molecule has 2 heterocycles. The van der Waals surface area contributed by atoms with E-state index in [-0.39, 0.29) is 41.5 Å². The molecule has 3 fully saturated rings. The van der Waals surface area contributed by atoms with Gasteiger partial charge in [-0.25, -0.2) is 0 Å². The van der Waals surface area contributed by atoms with Gasteiger partial charge in [-0.15, -0.1) is 0 Å². The zero-order valence-corrected chi connectivity index (χ0v) is 30.7. The fourth-order valence-electron chi connectivity index (χ4n) is 9.19. The van der Waals surface area contributed by atoms with Crippen molar-refractivity contribution in [1.82, 2.24) is 5.01 Å². The summed E-state index contributed by atoms with van der Waals surface area (Å²) in [4.78, 5) is 70.5. The summed E-state index contributed by atoms with van der Waals surface area (Å²) in [6.07, 6.45) is 5.90. The Bertz CT molecular complexity index is 2320. The van der Waals surface area contributed by atoms with E-state index in [4.69, 9.17) is 9.47 Å². The van der Waals surface area contributed by atoms with E-state index in [2.05, 4.69) is 5.43 Å². The quantitative estimate of drug-likeness (QED) is 0.0849. The molecule has 6 atom stereocenters. The lowest BCUT2D eigenvalue weighted by Gasteiger charge is -2.49. The molecule has 6 unspecified atom stereocenters. The van der Waals surface area contributed by atoms with Gasteiger partial charge in [-0.05, 0) is 73.2 Å². The Morgan fingerprint density at radius 2 is 1.54 bits per heavy atom. The minimum atomic E-state index is -1.46. The summed E-state index contributed by atoms with van der Waals surface area (Å²) in [5.74, 6) is -5.57. The van der Waals surface area contributed by atoms with Crippen LogP contribution in [0.5, 0.6) is 17.2 Å². The molecule has 0 radical (unpaired) electrons. The van der Waals surface area contributed by atoms with E-state index < -0.39 is 63.6 Å². The number of ether oxygens (including phenoxy) is 2. The predicted molar refractivity (Wildman–Crippen MR) is 205 cm³/mol. The van der Waals surface area contributed by atoms with Gasteiger partial charge in [-0.1, -0.05) is 71.8 Å². The molecule has 4 aliphatic rings. The van der Waals surface area contributed by atoms with Crippen LogP contribution >= 0.6 is 0 Å². The molecule has 13 nitrogen and oxygen atoms in total. The molecule has 284 valence electrons. The van der Waals surface area contributed by atoms with Gasteiger partial charge in [0.25, 0.3) is 17.5 Å². The number of nitro groups is 1. The van der Waals surface area contributed by atoms with Gasteiger partial charge in [-0.3, -0.25) is 39.6 Å². The molecule has 0 aromatic heterocycles. The number of aromatic hydroxyl groups is 1. The van der Waals surface area contributed by atoms with E-state index >= 15 is 4.79 Å². The lowest BCUT2D eigenvalue weighted by molar-refractivity contribution is -0.384. The number of nitro benzene ring substituents is 1. The number of anilines is 2. The smallest absolute Gasteiger partial charge is 0.269 e. The van der Waals surface area contributed by atoms with Gasteiger partial charge in [0.15, 0.2) is 11.5 Å². The number of carbonyl (C=O) groups is 4. The minimum absolute atomic E-state index is 0.108. The first kappa shape index (κ1) is 36.2. The predicted octanol–water partition coefficient (Wildman–Crippen LogP) is 6.36. The van der Waals surface area contributed by atoms with Crippen molar-refractivity contribution in [3.63, 3.8) is 0 Å². The van der Waals surface area contributed by atoms with E-state index in [0.29, 0.717) is 16.8 Å². The van der Waals surface area contributed by atoms with Crippen molar-refractivity contribution in [3.05, 3.63) is 136 Å². The number of carbonyl (C=O) groups excluding carboxylic acids is 4. The summed E-state index contributed by atoms with van der Waals surface area (Å²) in [5.41, 5.74) is 5.17. The van der Waals surface area contributed by atoms with Gasteiger partial charge in [0.1, 0.15) is 0 Å². The third kappa shape index (κ3) is 5.52. The van der Waals surface area contributed by atoms with Crippen LogP contribution in [-0.2, 0) is 24.6 Å². The highest BCUT2D eigenvalue weighted by molar-refractivity contribution is 6.22. The average molecular weight is 755 g/mol. The molecule has 4 aromatic rings. The first-order valence-corrected chi connectivity index (χ1v) is 18.2. The van der Waals surface area contributed by atoms with Gasteiger partial charge in [0.2, 0.25) is 17.6 Å². The molecule has 2 aliphatic heterocycles. The second-order valence-corrected chi connectivity index (χ2v) is 14.6. The summed E-state index contributed by atoms with van der Waals surface area (Å²) in [7, 11) is 2.84. The molecule has 2 saturated heterocycles. The van der Waals surface area contributed by atoms with E-state index in [0.717, 1.165) is 21.0 Å². The lowest BCUT2D eigenvalue weighted by atomic mass is 9.50. The van der Waals surface area contributed by atoms with Crippen LogP contribution in [0.4, 0.5) is 17.1 Å². The van der Waals surface area contributed by atoms with E-state index in [9.17, 15) is 29.6 Å². The van der Waals surface area contributed by atoms with Crippen molar-refractivity contribution in [2.45, 2.75) is 25.2 Å². The third-order valence-corrected chi connectivity index (χ3v) is 11.8. The lowest BCUT2D eigenvalue weighted by Crippen LogP contribution is -2.54. The number of non-ortho nitro benzene ring substituents is 1. The SMILES string of the molecule is COc1cc(C=CC2C3=CCC4C(=O)N(c5ccc([N+](=O)[O-])cc5)C(=O)C4C3CC3C(=O)N(Nc4ccc(C)cc4)C(=O)C23c2ccccc2)cc(OC)c1O. The number of allylic oxidation sites excluding steroid dienone is 3. The number of methoxy groups -OCH3 is 2. The number of aryl methyl sites for hydroxylation is 1. The molecule has 13 heteroatoms. The molecular formula is C43H38N4O9. The fourth-order valence-corrected chi connectivity index (χ4v) is 9.19. The Balaban J connectivity index is 1.28. The van der Waals surface area contributed by atoms with E-state index in [1.807, 2.05) is 61.5 Å². The summed E-state index contributed by atoms with van der Waals surface area (Å²) < 4.78 is 10.8. The Hall–Kier alpha value is -6.76. The Morgan fingerprint density at radius 1 is 0.875 bits per heavy atom. The van der Waals surface area contributed by atoms with Crippen molar-refractivity contribution in [2.24, 2.45) is 29.6 Å². The number of hydrogen-bond donors (Lipinski definition) is 2. The van der Waals surface area contributed by atoms with Crippen LogP contribution in [0, 0.1) is 46.6 Å². The number of fused-ring (bicyclic) bond motifs is 4. The van der Waals surface area contributed by atoms with Crippen molar-refractivity contribution < 1.29 is 38.7 Å². The van der Waals surface area contributed by atoms with E-state index in [1.54, 1.807) is 30.3 Å². The molecule has 56 heavy (non-hydrogen) atoms. The number of amides is 4. The maximum Gasteiger partial charge on any atom is 0.269 e. The highest BCUT2D eigenvalue weighted by atomic mass is 16.6. The number of phenols is 1. The summed E-state index contributed by atoms with van der Waals surface area (Å²) >= 11 is 0. The largest absolute Gasteiger partial charge is 0.502 e. The van der Waals surface area contributed by atoms with Crippen LogP contribution in [-0.4, -0.2) is 52.9 Å². The topological polar surface area (TPSA) is 169 Å². The Morgan fingerprint density at radius 3 is 2.16 bits per heavy atom. The van der Waals surface area contributed by atoms with Gasteiger partial charge >= 0.3 is 0 Å². The number of imide groups is 2. The van der Waals surface area contributed by atoms with Gasteiger partial charge < -0.3 is 14.6 Å². The molecular weight excluding hydrogens is 716 g/mol. The molecule has 0 bridgehead atoms. The zero-order valence-electron chi connectivity index (χ0n) is 30.7. The van der Waals surface area contributed by atoms with Gasteiger partial charge in [0, 0.05) is 18.1 Å². The molecule has 4 aromatic carbocycles. The maximum absolute atomic E-state index is 15.3. The average Bonchev–Trinajstić information content (AvgIpc) is 3.59. The van der Waals surface area contributed by atoms with Crippen molar-refractivity contribution in [1.29, 1.82) is 0 Å². The number of benzene rings is 4. The van der Waals surface area contributed by atoms with Crippen LogP contribution in [0.3, 0.4) is 0 Å². The monoisotopic (exact) mass is 754 g/mol. The number of phenolic OH excluding ortho intramolecular Hbond substituents is 1. The van der Waals surface area contributed by atoms with Gasteiger partial charge in [0.05, 0.1) is 53.7 Å². The van der Waals surface area contributed by atoms with Crippen LogP contribution in [0.2, 0.25) is 0 Å². The number of nitrogens with one attached hydrogen (secondary N) is 1. The van der Waals surface area contributed by atoms with Crippen molar-refractivity contribution in [2.75, 3.05) is 24.5 Å². The number of nitrogens with zero attached hydrogens (tertiary/aromatic N) is 3. The molecule has 0 spiro atoms. The molecule has 2 aliphatic carbocycles. The fraction of sp³-hybridized carbons (Fsp3) is 0.256. The first-order valence-electron chi connectivity index (χ1n) is 18.2. The maximum atomic E-state index is 15.3. The molecule has 8 rings (SSSR count). The van der Waals surface area contributed by atoms with Crippen LogP contribution in [0.15, 0.2) is 109 Å². The number of hydrazine groups is 1. The molecule has 1 saturated carbocycles. The third-order valence-electron chi connectivity index (χ3n) is 11.8. The van der Waals surface area contributed by atoms with Crippen LogP contribution in [0.25, 0.3) is 6.08 Å². The second-order valence-electron chi connectivity index (χ2n) is 14.6. The van der Waals surface area contributed by atoms with Gasteiger partial charge in [-0.2, -0.15) is 5.01 Å². The van der Waals surface area contributed by atoms with E-state index in [1.165, 1.54) is 38.5 Å². The van der Waals surface area contributed by atoms with Crippen LogP contribution in [0.1, 0.15) is 29.5 Å². The van der Waals surface area contributed by atoms with Crippen molar-refractivity contribution >= 4 is 46.8 Å². The highest BCUT2D eigenvalue weighted by Crippen LogP contribution is 2.61.